The maximum absolute atomic E-state index is 12.9. The lowest BCUT2D eigenvalue weighted by molar-refractivity contribution is -0.119. The van der Waals surface area contributed by atoms with Crippen LogP contribution in [-0.4, -0.2) is 45.2 Å². The fourth-order valence-electron chi connectivity index (χ4n) is 4.43. The lowest BCUT2D eigenvalue weighted by Gasteiger charge is -2.19. The van der Waals surface area contributed by atoms with Crippen LogP contribution in [0.25, 0.3) is 11.3 Å². The minimum atomic E-state index is -0.259. The highest BCUT2D eigenvalue weighted by Gasteiger charge is 2.19. The van der Waals surface area contributed by atoms with E-state index in [4.69, 9.17) is 21.3 Å². The average molecular weight is 555 g/mol. The van der Waals surface area contributed by atoms with E-state index in [0.717, 1.165) is 35.6 Å². The van der Waals surface area contributed by atoms with E-state index in [1.165, 1.54) is 6.92 Å². The number of aromatic nitrogens is 2. The number of nitrogens with one attached hydrogen (secondary N) is 2. The van der Waals surface area contributed by atoms with Gasteiger partial charge in [-0.1, -0.05) is 42.8 Å². The number of aryl methyl sites for hydroxylation is 1. The molecule has 3 rings (SSSR count). The van der Waals surface area contributed by atoms with Gasteiger partial charge in [0, 0.05) is 43.4 Å². The average Bonchev–Trinajstić information content (AvgIpc) is 3.33. The summed E-state index contributed by atoms with van der Waals surface area (Å²) in [5, 5.41) is 16.0. The van der Waals surface area contributed by atoms with Crippen LogP contribution in [0.2, 0.25) is 5.02 Å². The Hall–Kier alpha value is -3.36. The minimum absolute atomic E-state index is 0.0242. The molecular weight excluding hydrogens is 516 g/mol. The SMILES string of the molecule is CCC(NC(C)=O)c1nc(-c2ccc(CC(CCO)NC(=O)c3ccc(OC(C)C)c(Cl)c3)cc2)cn1CC. The molecule has 1 heterocycles. The molecule has 0 spiro atoms. The van der Waals surface area contributed by atoms with E-state index < -0.39 is 0 Å². The van der Waals surface area contributed by atoms with Gasteiger partial charge in [-0.05, 0) is 63.8 Å². The molecule has 1 aromatic heterocycles. The van der Waals surface area contributed by atoms with E-state index >= 15 is 0 Å². The van der Waals surface area contributed by atoms with Gasteiger partial charge in [0.2, 0.25) is 5.91 Å². The zero-order valence-electron chi connectivity index (χ0n) is 23.3. The lowest BCUT2D eigenvalue weighted by Crippen LogP contribution is -2.37. The molecule has 2 aromatic carbocycles. The summed E-state index contributed by atoms with van der Waals surface area (Å²) in [4.78, 5) is 29.4. The smallest absolute Gasteiger partial charge is 0.251 e. The van der Waals surface area contributed by atoms with Gasteiger partial charge in [-0.25, -0.2) is 4.98 Å². The van der Waals surface area contributed by atoms with E-state index in [2.05, 4.69) is 22.1 Å². The van der Waals surface area contributed by atoms with Crippen LogP contribution in [0.1, 0.15) is 75.2 Å². The Balaban J connectivity index is 1.72. The normalized spacial score (nSPS) is 12.7. The van der Waals surface area contributed by atoms with E-state index in [9.17, 15) is 14.7 Å². The summed E-state index contributed by atoms with van der Waals surface area (Å²) in [6.45, 7) is 10.1. The predicted molar refractivity (Wildman–Crippen MR) is 154 cm³/mol. The van der Waals surface area contributed by atoms with Gasteiger partial charge in [0.25, 0.3) is 5.91 Å². The third-order valence-electron chi connectivity index (χ3n) is 6.35. The zero-order chi connectivity index (χ0) is 28.5. The Morgan fingerprint density at radius 2 is 1.82 bits per heavy atom. The lowest BCUT2D eigenvalue weighted by atomic mass is 10.0. The van der Waals surface area contributed by atoms with Gasteiger partial charge >= 0.3 is 0 Å². The van der Waals surface area contributed by atoms with Gasteiger partial charge in [0.1, 0.15) is 11.6 Å². The van der Waals surface area contributed by atoms with Crippen LogP contribution in [0.5, 0.6) is 5.75 Å². The fraction of sp³-hybridized carbons (Fsp3) is 0.433. The second-order valence-corrected chi connectivity index (χ2v) is 10.2. The van der Waals surface area contributed by atoms with E-state index in [-0.39, 0.29) is 36.6 Å². The van der Waals surface area contributed by atoms with Crippen LogP contribution < -0.4 is 15.4 Å². The molecule has 39 heavy (non-hydrogen) atoms. The molecule has 0 aliphatic heterocycles. The van der Waals surface area contributed by atoms with Gasteiger partial charge in [-0.2, -0.15) is 0 Å². The number of aliphatic hydroxyl groups is 1. The predicted octanol–water partition coefficient (Wildman–Crippen LogP) is 5.32. The van der Waals surface area contributed by atoms with Crippen LogP contribution in [0, 0.1) is 0 Å². The van der Waals surface area contributed by atoms with Crippen LogP contribution in [0.15, 0.2) is 48.7 Å². The zero-order valence-corrected chi connectivity index (χ0v) is 24.1. The number of carbonyl (C=O) groups excluding carboxylic acids is 2. The Kier molecular flexibility index (Phi) is 10.9. The number of amides is 2. The van der Waals surface area contributed by atoms with Crippen molar-refractivity contribution in [3.8, 4) is 17.0 Å². The van der Waals surface area contributed by atoms with Gasteiger partial charge in [-0.15, -0.1) is 0 Å². The summed E-state index contributed by atoms with van der Waals surface area (Å²) in [5.41, 5.74) is 3.26. The molecule has 2 atom stereocenters. The van der Waals surface area contributed by atoms with Crippen molar-refractivity contribution >= 4 is 23.4 Å². The number of imidazole rings is 1. The van der Waals surface area contributed by atoms with E-state index in [1.54, 1.807) is 18.2 Å². The van der Waals surface area contributed by atoms with Gasteiger partial charge in [0.15, 0.2) is 0 Å². The Bertz CT molecular complexity index is 1260. The number of ether oxygens (including phenoxy) is 1. The summed E-state index contributed by atoms with van der Waals surface area (Å²) < 4.78 is 7.71. The first-order chi connectivity index (χ1) is 18.6. The first-order valence-electron chi connectivity index (χ1n) is 13.5. The molecule has 210 valence electrons. The molecule has 0 aliphatic rings. The second-order valence-electron chi connectivity index (χ2n) is 9.83. The van der Waals surface area contributed by atoms with Crippen molar-refractivity contribution in [3.05, 3.63) is 70.6 Å². The molecular formula is C30H39ClN4O4. The van der Waals surface area contributed by atoms with Crippen LogP contribution in [0.4, 0.5) is 0 Å². The van der Waals surface area contributed by atoms with Crippen molar-refractivity contribution < 1.29 is 19.4 Å². The van der Waals surface area contributed by atoms with Gasteiger partial charge < -0.3 is 25.0 Å². The first-order valence-corrected chi connectivity index (χ1v) is 13.8. The number of benzene rings is 2. The van der Waals surface area contributed by atoms with Crippen molar-refractivity contribution in [1.29, 1.82) is 0 Å². The standard InChI is InChI=1S/C30H39ClN4O4/c1-6-26(32-20(5)37)29-34-27(18-35(29)7-2)22-10-8-21(9-11-22)16-24(14-15-36)33-30(38)23-12-13-28(25(31)17-23)39-19(3)4/h8-13,17-19,24,26,36H,6-7,14-16H2,1-5H3,(H,32,37)(H,33,38). The molecule has 0 aliphatic carbocycles. The monoisotopic (exact) mass is 554 g/mol. The van der Waals surface area contributed by atoms with Crippen molar-refractivity contribution in [2.75, 3.05) is 6.61 Å². The number of hydrogen-bond donors (Lipinski definition) is 3. The molecule has 3 N–H and O–H groups in total. The van der Waals surface area contributed by atoms with Crippen molar-refractivity contribution in [2.24, 2.45) is 0 Å². The summed E-state index contributed by atoms with van der Waals surface area (Å²) in [6.07, 6.45) is 3.70. The summed E-state index contributed by atoms with van der Waals surface area (Å²) >= 11 is 6.31. The molecule has 0 radical (unpaired) electrons. The molecule has 2 unspecified atom stereocenters. The van der Waals surface area contributed by atoms with Crippen molar-refractivity contribution in [1.82, 2.24) is 20.2 Å². The molecule has 0 bridgehead atoms. The number of carbonyl (C=O) groups is 2. The number of rotatable bonds is 13. The molecule has 0 saturated heterocycles. The maximum Gasteiger partial charge on any atom is 0.251 e. The summed E-state index contributed by atoms with van der Waals surface area (Å²) in [6, 6.07) is 12.6. The third-order valence-corrected chi connectivity index (χ3v) is 6.64. The number of aliphatic hydroxyl groups excluding tert-OH is 1. The molecule has 2 amide bonds. The number of nitrogens with zero attached hydrogens (tertiary/aromatic N) is 2. The topological polar surface area (TPSA) is 105 Å². The first kappa shape index (κ1) is 30.2. The molecule has 3 aromatic rings. The van der Waals surface area contributed by atoms with Crippen LogP contribution in [-0.2, 0) is 17.8 Å². The molecule has 0 saturated carbocycles. The maximum atomic E-state index is 12.9. The van der Waals surface area contributed by atoms with Gasteiger partial charge in [-0.3, -0.25) is 9.59 Å². The van der Waals surface area contributed by atoms with Crippen LogP contribution in [0.3, 0.4) is 0 Å². The third kappa shape index (κ3) is 8.31. The number of halogens is 1. The minimum Gasteiger partial charge on any atom is -0.489 e. The highest BCUT2D eigenvalue weighted by molar-refractivity contribution is 6.32. The summed E-state index contributed by atoms with van der Waals surface area (Å²) in [7, 11) is 0. The number of hydrogen-bond acceptors (Lipinski definition) is 5. The largest absolute Gasteiger partial charge is 0.489 e. The fourth-order valence-corrected chi connectivity index (χ4v) is 4.66. The van der Waals surface area contributed by atoms with Gasteiger partial charge in [0.05, 0.1) is 22.9 Å². The molecule has 0 fully saturated rings. The van der Waals surface area contributed by atoms with E-state index in [1.807, 2.05) is 51.2 Å². The van der Waals surface area contributed by atoms with Crippen LogP contribution >= 0.6 is 11.6 Å². The van der Waals surface area contributed by atoms with E-state index in [0.29, 0.717) is 29.2 Å². The van der Waals surface area contributed by atoms with Crippen molar-refractivity contribution in [2.45, 2.75) is 78.6 Å². The highest BCUT2D eigenvalue weighted by atomic mass is 35.5. The summed E-state index contributed by atoms with van der Waals surface area (Å²) in [5.74, 6) is 1.03. The second kappa shape index (κ2) is 14.1. The van der Waals surface area contributed by atoms with Crippen molar-refractivity contribution in [3.63, 3.8) is 0 Å². The Morgan fingerprint density at radius 1 is 1.10 bits per heavy atom. The Morgan fingerprint density at radius 3 is 2.38 bits per heavy atom. The quantitative estimate of drug-likeness (QED) is 0.265. The molecule has 9 heteroatoms. The molecule has 8 nitrogen and oxygen atoms in total. The highest BCUT2D eigenvalue weighted by Crippen LogP contribution is 2.27. The Labute approximate surface area is 235 Å².